The van der Waals surface area contributed by atoms with Crippen molar-refractivity contribution < 1.29 is 14.7 Å². The number of carbonyl (C=O) groups is 2. The number of benzene rings is 3. The molecule has 0 radical (unpaired) electrons. The Labute approximate surface area is 158 Å². The average molecular weight is 362 g/mol. The molecule has 5 nitrogen and oxygen atoms in total. The van der Waals surface area contributed by atoms with E-state index in [2.05, 4.69) is 0 Å². The smallest absolute Gasteiger partial charge is 0.320 e. The molecule has 138 valence electrons. The van der Waals surface area contributed by atoms with Gasteiger partial charge >= 0.3 is 5.97 Å². The molecule has 0 saturated heterocycles. The summed E-state index contributed by atoms with van der Waals surface area (Å²) in [5.74, 6) is -1.35. The maximum atomic E-state index is 11.2. The van der Waals surface area contributed by atoms with Crippen molar-refractivity contribution in [2.45, 2.75) is 12.5 Å². The van der Waals surface area contributed by atoms with Gasteiger partial charge in [0.25, 0.3) is 0 Å². The van der Waals surface area contributed by atoms with Gasteiger partial charge in [-0.1, -0.05) is 78.9 Å². The van der Waals surface area contributed by atoms with Gasteiger partial charge in [0.05, 0.1) is 0 Å². The number of rotatable bonds is 5. The summed E-state index contributed by atoms with van der Waals surface area (Å²) in [7, 11) is 0. The zero-order valence-electron chi connectivity index (χ0n) is 14.8. The van der Waals surface area contributed by atoms with E-state index in [4.69, 9.17) is 16.6 Å². The minimum Gasteiger partial charge on any atom is -0.480 e. The lowest BCUT2D eigenvalue weighted by Crippen LogP contribution is -2.32. The maximum absolute atomic E-state index is 11.2. The zero-order valence-corrected chi connectivity index (χ0v) is 14.8. The highest BCUT2D eigenvalue weighted by molar-refractivity contribution is 5.99. The molecule has 0 aliphatic carbocycles. The molecule has 0 fully saturated rings. The minimum absolute atomic E-state index is 0.385. The molecular weight excluding hydrogens is 340 g/mol. The van der Waals surface area contributed by atoms with Gasteiger partial charge in [0.1, 0.15) is 6.04 Å². The van der Waals surface area contributed by atoms with Crippen LogP contribution >= 0.6 is 0 Å². The highest BCUT2D eigenvalue weighted by atomic mass is 16.4. The van der Waals surface area contributed by atoms with Gasteiger partial charge in [-0.3, -0.25) is 9.59 Å². The second-order valence-corrected chi connectivity index (χ2v) is 5.91. The van der Waals surface area contributed by atoms with Crippen LogP contribution in [0, 0.1) is 0 Å². The summed E-state index contributed by atoms with van der Waals surface area (Å²) in [5.41, 5.74) is 14.1. The first-order valence-electron chi connectivity index (χ1n) is 8.45. The molecule has 5 N–H and O–H groups in total. The van der Waals surface area contributed by atoms with Gasteiger partial charge in [-0.25, -0.2) is 0 Å². The van der Waals surface area contributed by atoms with Crippen LogP contribution in [0.5, 0.6) is 0 Å². The molecule has 1 atom stereocenters. The zero-order chi connectivity index (χ0) is 19.6. The Kier molecular flexibility index (Phi) is 7.28. The third kappa shape index (κ3) is 6.09. The second kappa shape index (κ2) is 9.89. The molecule has 0 spiro atoms. The summed E-state index contributed by atoms with van der Waals surface area (Å²) in [6.45, 7) is 0. The Bertz CT molecular complexity index is 880. The summed E-state index contributed by atoms with van der Waals surface area (Å²) in [6.07, 6.45) is 0.385. The van der Waals surface area contributed by atoms with E-state index in [-0.39, 0.29) is 0 Å². The van der Waals surface area contributed by atoms with Crippen molar-refractivity contribution in [1.29, 1.82) is 0 Å². The van der Waals surface area contributed by atoms with Crippen LogP contribution in [0.15, 0.2) is 84.9 Å². The number of amides is 1. The quantitative estimate of drug-likeness (QED) is 0.648. The molecule has 5 heteroatoms. The fourth-order valence-electron chi connectivity index (χ4n) is 2.52. The van der Waals surface area contributed by atoms with E-state index >= 15 is 0 Å². The molecule has 27 heavy (non-hydrogen) atoms. The topological polar surface area (TPSA) is 106 Å². The number of primary amides is 1. The van der Waals surface area contributed by atoms with Crippen molar-refractivity contribution in [3.8, 4) is 11.1 Å². The van der Waals surface area contributed by atoms with Gasteiger partial charge in [0, 0.05) is 5.56 Å². The third-order valence-electron chi connectivity index (χ3n) is 3.89. The van der Waals surface area contributed by atoms with Gasteiger partial charge in [-0.15, -0.1) is 0 Å². The monoisotopic (exact) mass is 362 g/mol. The van der Waals surface area contributed by atoms with E-state index in [1.807, 2.05) is 78.9 Å². The van der Waals surface area contributed by atoms with Gasteiger partial charge in [-0.2, -0.15) is 0 Å². The highest BCUT2D eigenvalue weighted by Crippen LogP contribution is 2.22. The predicted molar refractivity (Wildman–Crippen MR) is 106 cm³/mol. The third-order valence-corrected chi connectivity index (χ3v) is 3.89. The molecule has 0 saturated carbocycles. The predicted octanol–water partition coefficient (Wildman–Crippen LogP) is 3.09. The van der Waals surface area contributed by atoms with Gasteiger partial charge < -0.3 is 16.6 Å². The number of hydrogen-bond donors (Lipinski definition) is 3. The average Bonchev–Trinajstić information content (AvgIpc) is 2.70. The number of carbonyl (C=O) groups excluding carboxylic acids is 1. The van der Waals surface area contributed by atoms with Crippen LogP contribution in [0.1, 0.15) is 15.9 Å². The van der Waals surface area contributed by atoms with Crippen LogP contribution in [0.3, 0.4) is 0 Å². The Morgan fingerprint density at radius 1 is 0.815 bits per heavy atom. The molecule has 0 unspecified atom stereocenters. The Morgan fingerprint density at radius 2 is 1.33 bits per heavy atom. The summed E-state index contributed by atoms with van der Waals surface area (Å²) in [6, 6.07) is 25.6. The van der Waals surface area contributed by atoms with E-state index < -0.39 is 17.9 Å². The number of nitrogens with two attached hydrogens (primary N) is 2. The van der Waals surface area contributed by atoms with E-state index in [1.165, 1.54) is 0 Å². The fraction of sp³-hybridized carbons (Fsp3) is 0.0909. The number of carboxylic acids is 1. The highest BCUT2D eigenvalue weighted by Gasteiger charge is 2.11. The van der Waals surface area contributed by atoms with Crippen LogP contribution in [-0.4, -0.2) is 23.0 Å². The van der Waals surface area contributed by atoms with Crippen LogP contribution < -0.4 is 11.5 Å². The normalized spacial score (nSPS) is 11.0. The molecule has 0 aliphatic rings. The van der Waals surface area contributed by atoms with Crippen molar-refractivity contribution in [1.82, 2.24) is 0 Å². The van der Waals surface area contributed by atoms with Crippen molar-refractivity contribution in [2.75, 3.05) is 0 Å². The molecule has 0 aromatic heterocycles. The van der Waals surface area contributed by atoms with E-state index in [9.17, 15) is 9.59 Å². The second-order valence-electron chi connectivity index (χ2n) is 5.91. The standard InChI is InChI=1S/C13H11NO.C9H11NO2/c14-13(15)12-9-5-4-8-11(12)10-6-2-1-3-7-10;10-8(9(11)12)6-7-4-2-1-3-5-7/h1-9H,(H2,14,15);1-5,8H,6,10H2,(H,11,12)/t;8-/m.0/s1. The van der Waals surface area contributed by atoms with E-state index in [1.54, 1.807) is 6.07 Å². The fourth-order valence-corrected chi connectivity index (χ4v) is 2.52. The SMILES string of the molecule is NC(=O)c1ccccc1-c1ccccc1.N[C@@H](Cc1ccccc1)C(=O)O. The first-order chi connectivity index (χ1) is 13.0. The van der Waals surface area contributed by atoms with Gasteiger partial charge in [0.15, 0.2) is 0 Å². The molecule has 3 aromatic carbocycles. The van der Waals surface area contributed by atoms with Crippen LogP contribution in [0.4, 0.5) is 0 Å². The van der Waals surface area contributed by atoms with Crippen molar-refractivity contribution in [2.24, 2.45) is 11.5 Å². The lowest BCUT2D eigenvalue weighted by molar-refractivity contribution is -0.138. The van der Waals surface area contributed by atoms with Crippen LogP contribution in [-0.2, 0) is 11.2 Å². The summed E-state index contributed by atoms with van der Waals surface area (Å²) < 4.78 is 0. The molecule has 0 bridgehead atoms. The Balaban J connectivity index is 0.000000199. The number of hydrogen-bond acceptors (Lipinski definition) is 3. The van der Waals surface area contributed by atoms with E-state index in [0.717, 1.165) is 16.7 Å². The van der Waals surface area contributed by atoms with Gasteiger partial charge in [-0.05, 0) is 29.2 Å². The summed E-state index contributed by atoms with van der Waals surface area (Å²) in [5, 5.41) is 8.52. The maximum Gasteiger partial charge on any atom is 0.320 e. The van der Waals surface area contributed by atoms with Crippen molar-refractivity contribution in [3.05, 3.63) is 96.1 Å². The van der Waals surface area contributed by atoms with E-state index in [0.29, 0.717) is 12.0 Å². The summed E-state index contributed by atoms with van der Waals surface area (Å²) >= 11 is 0. The molecular formula is C22H22N2O3. The largest absolute Gasteiger partial charge is 0.480 e. The first kappa shape index (κ1) is 19.9. The number of carboxylic acid groups (broad SMARTS) is 1. The van der Waals surface area contributed by atoms with Crippen LogP contribution in [0.2, 0.25) is 0 Å². The number of aliphatic carboxylic acids is 1. The lowest BCUT2D eigenvalue weighted by Gasteiger charge is -2.05. The van der Waals surface area contributed by atoms with Crippen LogP contribution in [0.25, 0.3) is 11.1 Å². The Hall–Kier alpha value is -3.44. The molecule has 0 aliphatic heterocycles. The summed E-state index contributed by atoms with van der Waals surface area (Å²) in [4.78, 5) is 21.6. The lowest BCUT2D eigenvalue weighted by atomic mass is 9.99. The van der Waals surface area contributed by atoms with Gasteiger partial charge in [0.2, 0.25) is 5.91 Å². The molecule has 3 rings (SSSR count). The van der Waals surface area contributed by atoms with Crippen molar-refractivity contribution in [3.63, 3.8) is 0 Å². The first-order valence-corrected chi connectivity index (χ1v) is 8.45. The Morgan fingerprint density at radius 3 is 1.89 bits per heavy atom. The van der Waals surface area contributed by atoms with Crippen molar-refractivity contribution >= 4 is 11.9 Å². The molecule has 1 amide bonds. The molecule has 0 heterocycles. The minimum atomic E-state index is -0.959. The molecule has 3 aromatic rings.